The first kappa shape index (κ1) is 17.0. The average Bonchev–Trinajstić information content (AvgIpc) is 3.29. The maximum absolute atomic E-state index is 12.6. The van der Waals surface area contributed by atoms with E-state index in [9.17, 15) is 4.79 Å². The summed E-state index contributed by atoms with van der Waals surface area (Å²) in [5.74, 6) is 0.578. The van der Waals surface area contributed by atoms with Crippen molar-refractivity contribution in [2.45, 2.75) is 38.6 Å². The Balaban J connectivity index is 1.45. The van der Waals surface area contributed by atoms with Gasteiger partial charge in [-0.15, -0.1) is 0 Å². The molecule has 136 valence electrons. The molecule has 0 saturated carbocycles. The molecule has 1 N–H and O–H groups in total. The second-order valence-corrected chi connectivity index (χ2v) is 7.64. The number of amides is 1. The van der Waals surface area contributed by atoms with Gasteiger partial charge in [-0.2, -0.15) is 0 Å². The Kier molecular flexibility index (Phi) is 4.88. The van der Waals surface area contributed by atoms with Crippen LogP contribution in [0.25, 0.3) is 10.2 Å². The van der Waals surface area contributed by atoms with Gasteiger partial charge in [-0.05, 0) is 31.4 Å². The molecule has 0 spiro atoms. The number of piperidine rings is 1. The molecule has 1 saturated heterocycles. The smallest absolute Gasteiger partial charge is 0.256 e. The lowest BCUT2D eigenvalue weighted by Gasteiger charge is -2.32. The summed E-state index contributed by atoms with van der Waals surface area (Å²) in [6.45, 7) is 3.81. The zero-order valence-electron chi connectivity index (χ0n) is 14.8. The summed E-state index contributed by atoms with van der Waals surface area (Å²) in [6.07, 6.45) is 5.18. The van der Waals surface area contributed by atoms with Crippen LogP contribution in [0.2, 0.25) is 0 Å². The van der Waals surface area contributed by atoms with Gasteiger partial charge in [0.15, 0.2) is 5.13 Å². The summed E-state index contributed by atoms with van der Waals surface area (Å²) < 4.78 is 6.41. The Hall–Kier alpha value is -2.41. The summed E-state index contributed by atoms with van der Waals surface area (Å²) in [5, 5.41) is 7.97. The fourth-order valence-corrected chi connectivity index (χ4v) is 4.38. The maximum atomic E-state index is 12.6. The Morgan fingerprint density at radius 2 is 2.31 bits per heavy atom. The maximum Gasteiger partial charge on any atom is 0.256 e. The molecule has 3 aromatic rings. The third-order valence-electron chi connectivity index (χ3n) is 4.68. The number of nitrogens with zero attached hydrogens (tertiary/aromatic N) is 3. The Labute approximate surface area is 156 Å². The molecule has 1 unspecified atom stereocenters. The zero-order valence-corrected chi connectivity index (χ0v) is 15.6. The highest BCUT2D eigenvalue weighted by molar-refractivity contribution is 7.22. The molecule has 7 heteroatoms. The number of carbonyl (C=O) groups excluding carboxylic acids is 1. The molecule has 1 aliphatic heterocycles. The quantitative estimate of drug-likeness (QED) is 0.742. The largest absolute Gasteiger partial charge is 0.361 e. The molecule has 0 bridgehead atoms. The van der Waals surface area contributed by atoms with E-state index < -0.39 is 0 Å². The number of para-hydroxylation sites is 1. The first-order chi connectivity index (χ1) is 12.7. The molecule has 2 aromatic heterocycles. The Morgan fingerprint density at radius 1 is 1.42 bits per heavy atom. The molecule has 1 fully saturated rings. The number of carbonyl (C=O) groups is 1. The van der Waals surface area contributed by atoms with Crippen LogP contribution < -0.4 is 10.2 Å². The van der Waals surface area contributed by atoms with Crippen LogP contribution >= 0.6 is 11.3 Å². The van der Waals surface area contributed by atoms with Crippen LogP contribution in [0.5, 0.6) is 0 Å². The Bertz CT molecular complexity index is 871. The van der Waals surface area contributed by atoms with Gasteiger partial charge in [0, 0.05) is 25.6 Å². The minimum Gasteiger partial charge on any atom is -0.361 e. The van der Waals surface area contributed by atoms with Gasteiger partial charge in [-0.1, -0.05) is 35.5 Å². The van der Waals surface area contributed by atoms with Crippen molar-refractivity contribution in [3.63, 3.8) is 0 Å². The van der Waals surface area contributed by atoms with Gasteiger partial charge in [-0.25, -0.2) is 4.98 Å². The van der Waals surface area contributed by atoms with Crippen molar-refractivity contribution in [3.05, 3.63) is 41.8 Å². The van der Waals surface area contributed by atoms with Gasteiger partial charge >= 0.3 is 0 Å². The third kappa shape index (κ3) is 3.44. The highest BCUT2D eigenvalue weighted by Gasteiger charge is 2.25. The molecule has 1 atom stereocenters. The van der Waals surface area contributed by atoms with Crippen molar-refractivity contribution in [1.29, 1.82) is 0 Å². The van der Waals surface area contributed by atoms with Crippen LogP contribution in [-0.2, 0) is 6.42 Å². The monoisotopic (exact) mass is 370 g/mol. The first-order valence-electron chi connectivity index (χ1n) is 9.09. The van der Waals surface area contributed by atoms with Crippen molar-refractivity contribution < 1.29 is 9.32 Å². The van der Waals surface area contributed by atoms with E-state index in [0.717, 1.165) is 49.4 Å². The molecular weight excluding hydrogens is 348 g/mol. The van der Waals surface area contributed by atoms with Crippen molar-refractivity contribution >= 4 is 32.6 Å². The van der Waals surface area contributed by atoms with E-state index in [2.05, 4.69) is 28.4 Å². The molecule has 1 aliphatic rings. The van der Waals surface area contributed by atoms with E-state index >= 15 is 0 Å². The standard InChI is InChI=1S/C19H22N4O2S/c1-2-6-16-14(11-20-25-16)18(24)21-13-7-5-10-23(12-13)19-22-15-8-3-4-9-17(15)26-19/h3-4,8-9,11,13H,2,5-7,10,12H2,1H3,(H,21,24). The van der Waals surface area contributed by atoms with E-state index in [1.54, 1.807) is 11.3 Å². The summed E-state index contributed by atoms with van der Waals surface area (Å²) >= 11 is 1.71. The number of benzene rings is 1. The molecular formula is C19H22N4O2S. The summed E-state index contributed by atoms with van der Waals surface area (Å²) in [4.78, 5) is 19.6. The van der Waals surface area contributed by atoms with Crippen LogP contribution in [0.3, 0.4) is 0 Å². The molecule has 0 aliphatic carbocycles. The summed E-state index contributed by atoms with van der Waals surface area (Å²) in [6, 6.07) is 8.29. The number of aromatic nitrogens is 2. The molecule has 3 heterocycles. The predicted molar refractivity (Wildman–Crippen MR) is 103 cm³/mol. The molecule has 1 amide bonds. The van der Waals surface area contributed by atoms with Gasteiger partial charge in [0.2, 0.25) is 0 Å². The average molecular weight is 370 g/mol. The molecule has 1 aromatic carbocycles. The van der Waals surface area contributed by atoms with Crippen molar-refractivity contribution in [2.75, 3.05) is 18.0 Å². The number of hydrogen-bond donors (Lipinski definition) is 1. The summed E-state index contributed by atoms with van der Waals surface area (Å²) in [5.41, 5.74) is 1.59. The van der Waals surface area contributed by atoms with Crippen LogP contribution in [0.4, 0.5) is 5.13 Å². The van der Waals surface area contributed by atoms with Crippen molar-refractivity contribution in [1.82, 2.24) is 15.5 Å². The van der Waals surface area contributed by atoms with Crippen LogP contribution in [0.15, 0.2) is 35.0 Å². The fraction of sp³-hybridized carbons (Fsp3) is 0.421. The van der Waals surface area contributed by atoms with E-state index in [1.165, 1.54) is 10.9 Å². The van der Waals surface area contributed by atoms with Gasteiger partial charge in [-0.3, -0.25) is 4.79 Å². The second-order valence-electron chi connectivity index (χ2n) is 6.64. The van der Waals surface area contributed by atoms with E-state index in [1.807, 2.05) is 18.2 Å². The van der Waals surface area contributed by atoms with Crippen LogP contribution in [0, 0.1) is 0 Å². The topological polar surface area (TPSA) is 71.3 Å². The number of anilines is 1. The number of hydrogen-bond acceptors (Lipinski definition) is 6. The molecule has 26 heavy (non-hydrogen) atoms. The van der Waals surface area contributed by atoms with Crippen LogP contribution in [-0.4, -0.2) is 35.2 Å². The first-order valence-corrected chi connectivity index (χ1v) is 9.91. The lowest BCUT2D eigenvalue weighted by molar-refractivity contribution is 0.0931. The lowest BCUT2D eigenvalue weighted by Crippen LogP contribution is -2.47. The molecule has 0 radical (unpaired) electrons. The normalized spacial score (nSPS) is 17.6. The van der Waals surface area contributed by atoms with Crippen LogP contribution in [0.1, 0.15) is 42.3 Å². The number of aryl methyl sites for hydroxylation is 1. The zero-order chi connectivity index (χ0) is 17.9. The SMILES string of the molecule is CCCc1oncc1C(=O)NC1CCCN(c2nc3ccccc3s2)C1. The van der Waals surface area contributed by atoms with E-state index in [0.29, 0.717) is 11.3 Å². The minimum absolute atomic E-state index is 0.0918. The van der Waals surface area contributed by atoms with E-state index in [-0.39, 0.29) is 11.9 Å². The molecule has 4 rings (SSSR count). The highest BCUT2D eigenvalue weighted by atomic mass is 32.1. The van der Waals surface area contributed by atoms with Crippen molar-refractivity contribution in [2.24, 2.45) is 0 Å². The number of rotatable bonds is 5. The predicted octanol–water partition coefficient (Wildman–Crippen LogP) is 3.64. The number of nitrogens with one attached hydrogen (secondary N) is 1. The van der Waals surface area contributed by atoms with Gasteiger partial charge in [0.05, 0.1) is 16.4 Å². The summed E-state index contributed by atoms with van der Waals surface area (Å²) in [7, 11) is 0. The highest BCUT2D eigenvalue weighted by Crippen LogP contribution is 2.30. The molecule has 6 nitrogen and oxygen atoms in total. The van der Waals surface area contributed by atoms with Crippen molar-refractivity contribution in [3.8, 4) is 0 Å². The third-order valence-corrected chi connectivity index (χ3v) is 5.77. The van der Waals surface area contributed by atoms with Gasteiger partial charge < -0.3 is 14.7 Å². The fourth-order valence-electron chi connectivity index (χ4n) is 3.38. The number of thiazole rings is 1. The lowest BCUT2D eigenvalue weighted by atomic mass is 10.1. The number of fused-ring (bicyclic) bond motifs is 1. The van der Waals surface area contributed by atoms with Gasteiger partial charge in [0.25, 0.3) is 5.91 Å². The second kappa shape index (κ2) is 7.45. The Morgan fingerprint density at radius 3 is 3.15 bits per heavy atom. The van der Waals surface area contributed by atoms with Gasteiger partial charge in [0.1, 0.15) is 11.3 Å². The minimum atomic E-state index is -0.0918. The van der Waals surface area contributed by atoms with E-state index in [4.69, 9.17) is 9.51 Å².